The van der Waals surface area contributed by atoms with Crippen molar-refractivity contribution in [1.29, 1.82) is 0 Å². The number of hydrogen-bond acceptors (Lipinski definition) is 4. The Morgan fingerprint density at radius 2 is 1.78 bits per heavy atom. The van der Waals surface area contributed by atoms with Crippen LogP contribution in [0.2, 0.25) is 5.02 Å². The molecule has 3 aromatic rings. The highest BCUT2D eigenvalue weighted by Gasteiger charge is 2.25. The van der Waals surface area contributed by atoms with Crippen molar-refractivity contribution in [2.24, 2.45) is 0 Å². The molecule has 0 unspecified atom stereocenters. The highest BCUT2D eigenvalue weighted by Crippen LogP contribution is 2.37. The largest absolute Gasteiger partial charge is 0.302 e. The number of benzene rings is 2. The molecule has 0 saturated heterocycles. The highest BCUT2D eigenvalue weighted by atomic mass is 35.5. The number of ketones is 1. The molecule has 0 aliphatic rings. The number of nitrogens with zero attached hydrogens (tertiary/aromatic N) is 1. The second-order valence-corrected chi connectivity index (χ2v) is 8.37. The molecule has 1 heterocycles. The predicted molar refractivity (Wildman–Crippen MR) is 104 cm³/mol. The van der Waals surface area contributed by atoms with Crippen molar-refractivity contribution in [3.05, 3.63) is 75.2 Å². The van der Waals surface area contributed by atoms with Gasteiger partial charge in [-0.1, -0.05) is 41.9 Å². The highest BCUT2D eigenvalue weighted by molar-refractivity contribution is 7.90. The molecule has 0 amide bonds. The zero-order valence-corrected chi connectivity index (χ0v) is 16.3. The van der Waals surface area contributed by atoms with Crippen molar-refractivity contribution >= 4 is 27.2 Å². The van der Waals surface area contributed by atoms with E-state index in [1.165, 1.54) is 23.0 Å². The van der Waals surface area contributed by atoms with Crippen LogP contribution in [-0.2, 0) is 16.4 Å². The van der Waals surface area contributed by atoms with Gasteiger partial charge in [0, 0.05) is 30.1 Å². The average molecular weight is 405 g/mol. The maximum Gasteiger partial charge on any atom is 0.277 e. The van der Waals surface area contributed by atoms with Gasteiger partial charge in [0.1, 0.15) is 5.56 Å². The molecule has 6 nitrogen and oxygen atoms in total. The van der Waals surface area contributed by atoms with Gasteiger partial charge in [0.05, 0.1) is 9.92 Å². The SMILES string of the molecule is CCn1[nH]cc(C(=O)c2ccc(S(C)(=O)=O)c(-c3ccccc3)c2Cl)c1=O. The van der Waals surface area contributed by atoms with Crippen LogP contribution in [0.4, 0.5) is 0 Å². The maximum atomic E-state index is 12.9. The number of carbonyl (C=O) groups is 1. The van der Waals surface area contributed by atoms with Gasteiger partial charge >= 0.3 is 0 Å². The lowest BCUT2D eigenvalue weighted by molar-refractivity contribution is 0.103. The van der Waals surface area contributed by atoms with Crippen LogP contribution in [0.25, 0.3) is 11.1 Å². The summed E-state index contributed by atoms with van der Waals surface area (Å²) >= 11 is 6.49. The molecule has 0 atom stereocenters. The van der Waals surface area contributed by atoms with Crippen LogP contribution >= 0.6 is 11.6 Å². The van der Waals surface area contributed by atoms with Crippen LogP contribution in [0, 0.1) is 0 Å². The molecule has 0 aliphatic heterocycles. The number of H-pyrrole nitrogens is 1. The second kappa shape index (κ2) is 7.17. The van der Waals surface area contributed by atoms with E-state index in [0.717, 1.165) is 6.26 Å². The Balaban J connectivity index is 2.26. The van der Waals surface area contributed by atoms with Crippen LogP contribution in [-0.4, -0.2) is 30.2 Å². The Kier molecular flexibility index (Phi) is 5.08. The number of rotatable bonds is 5. The first-order valence-corrected chi connectivity index (χ1v) is 10.4. The summed E-state index contributed by atoms with van der Waals surface area (Å²) in [6, 6.07) is 11.4. The number of aromatic nitrogens is 2. The van der Waals surface area contributed by atoms with Crippen LogP contribution < -0.4 is 5.56 Å². The fourth-order valence-corrected chi connectivity index (χ4v) is 4.19. The molecule has 1 aromatic heterocycles. The van der Waals surface area contributed by atoms with Crippen LogP contribution in [0.3, 0.4) is 0 Å². The van der Waals surface area contributed by atoms with Crippen molar-refractivity contribution < 1.29 is 13.2 Å². The third kappa shape index (κ3) is 3.48. The summed E-state index contributed by atoms with van der Waals surface area (Å²) < 4.78 is 25.7. The zero-order valence-electron chi connectivity index (χ0n) is 14.7. The number of aromatic amines is 1. The molecular weight excluding hydrogens is 388 g/mol. The maximum absolute atomic E-state index is 12.9. The average Bonchev–Trinajstić information content (AvgIpc) is 3.01. The quantitative estimate of drug-likeness (QED) is 0.661. The number of nitrogens with one attached hydrogen (secondary N) is 1. The summed E-state index contributed by atoms with van der Waals surface area (Å²) in [5.74, 6) is -0.564. The summed E-state index contributed by atoms with van der Waals surface area (Å²) in [6.45, 7) is 2.16. The number of sulfone groups is 1. The molecular formula is C19H17ClN2O4S. The zero-order chi connectivity index (χ0) is 19.8. The molecule has 140 valence electrons. The van der Waals surface area contributed by atoms with E-state index >= 15 is 0 Å². The minimum Gasteiger partial charge on any atom is -0.302 e. The van der Waals surface area contributed by atoms with Gasteiger partial charge in [-0.15, -0.1) is 0 Å². The Labute approximate surface area is 161 Å². The molecule has 27 heavy (non-hydrogen) atoms. The monoisotopic (exact) mass is 404 g/mol. The van der Waals surface area contributed by atoms with Crippen molar-refractivity contribution in [1.82, 2.24) is 9.78 Å². The predicted octanol–water partition coefficient (Wildman–Crippen LogP) is 3.15. The van der Waals surface area contributed by atoms with E-state index in [-0.39, 0.29) is 26.6 Å². The van der Waals surface area contributed by atoms with Crippen LogP contribution in [0.15, 0.2) is 58.4 Å². The third-order valence-corrected chi connectivity index (χ3v) is 5.74. The molecule has 1 N–H and O–H groups in total. The van der Waals surface area contributed by atoms with Crippen molar-refractivity contribution in [3.63, 3.8) is 0 Å². The number of aryl methyl sites for hydroxylation is 1. The summed E-state index contributed by atoms with van der Waals surface area (Å²) in [7, 11) is -3.59. The lowest BCUT2D eigenvalue weighted by Gasteiger charge is -2.13. The molecule has 0 spiro atoms. The lowest BCUT2D eigenvalue weighted by Crippen LogP contribution is -2.21. The van der Waals surface area contributed by atoms with Crippen molar-refractivity contribution in [3.8, 4) is 11.1 Å². The summed E-state index contributed by atoms with van der Waals surface area (Å²) in [5, 5.41) is 2.72. The molecule has 8 heteroatoms. The van der Waals surface area contributed by atoms with E-state index in [9.17, 15) is 18.0 Å². The van der Waals surface area contributed by atoms with E-state index in [2.05, 4.69) is 5.10 Å². The molecule has 3 rings (SSSR count). The van der Waals surface area contributed by atoms with Gasteiger partial charge in [0.15, 0.2) is 9.84 Å². The first-order chi connectivity index (χ1) is 12.8. The standard InChI is InChI=1S/C19H17ClN2O4S/c1-3-22-19(24)14(11-21-22)18(23)13-9-10-15(27(2,25)26)16(17(13)20)12-7-5-4-6-8-12/h4-11,21H,3H2,1-2H3. The summed E-state index contributed by atoms with van der Waals surface area (Å²) in [6.07, 6.45) is 2.41. The topological polar surface area (TPSA) is 89.0 Å². The van der Waals surface area contributed by atoms with E-state index < -0.39 is 21.2 Å². The Hall–Kier alpha value is -2.64. The fourth-order valence-electron chi connectivity index (χ4n) is 2.87. The minimum absolute atomic E-state index is 0.00206. The van der Waals surface area contributed by atoms with Gasteiger partial charge in [-0.3, -0.25) is 14.3 Å². The van der Waals surface area contributed by atoms with Crippen molar-refractivity contribution in [2.75, 3.05) is 6.26 Å². The third-order valence-electron chi connectivity index (χ3n) is 4.21. The van der Waals surface area contributed by atoms with Gasteiger partial charge in [-0.05, 0) is 24.6 Å². The number of halogens is 1. The van der Waals surface area contributed by atoms with E-state index in [4.69, 9.17) is 11.6 Å². The van der Waals surface area contributed by atoms with Crippen LogP contribution in [0.1, 0.15) is 22.8 Å². The van der Waals surface area contributed by atoms with Gasteiger partial charge in [-0.2, -0.15) is 0 Å². The Morgan fingerprint density at radius 3 is 2.33 bits per heavy atom. The van der Waals surface area contributed by atoms with E-state index in [1.54, 1.807) is 37.3 Å². The Morgan fingerprint density at radius 1 is 1.11 bits per heavy atom. The van der Waals surface area contributed by atoms with Gasteiger partial charge < -0.3 is 5.10 Å². The van der Waals surface area contributed by atoms with E-state index in [0.29, 0.717) is 12.1 Å². The molecule has 0 fully saturated rings. The first-order valence-electron chi connectivity index (χ1n) is 8.16. The summed E-state index contributed by atoms with van der Waals surface area (Å²) in [5.41, 5.74) is 0.383. The molecule has 0 radical (unpaired) electrons. The normalized spacial score (nSPS) is 11.5. The lowest BCUT2D eigenvalue weighted by atomic mass is 9.99. The van der Waals surface area contributed by atoms with Gasteiger partial charge in [0.2, 0.25) is 5.78 Å². The van der Waals surface area contributed by atoms with Gasteiger partial charge in [0.25, 0.3) is 5.56 Å². The fraction of sp³-hybridized carbons (Fsp3) is 0.158. The number of hydrogen-bond donors (Lipinski definition) is 1. The molecule has 0 bridgehead atoms. The summed E-state index contributed by atoms with van der Waals surface area (Å²) in [4.78, 5) is 25.2. The minimum atomic E-state index is -3.59. The van der Waals surface area contributed by atoms with Crippen LogP contribution in [0.5, 0.6) is 0 Å². The first kappa shape index (κ1) is 19.1. The molecule has 0 aliphatic carbocycles. The smallest absolute Gasteiger partial charge is 0.277 e. The second-order valence-electron chi connectivity index (χ2n) is 6.00. The molecule has 0 saturated carbocycles. The molecule has 2 aromatic carbocycles. The van der Waals surface area contributed by atoms with Crippen molar-refractivity contribution in [2.45, 2.75) is 18.4 Å². The Bertz CT molecular complexity index is 1180. The van der Waals surface area contributed by atoms with E-state index in [1.807, 2.05) is 0 Å². The van der Waals surface area contributed by atoms with Gasteiger partial charge in [-0.25, -0.2) is 8.42 Å². The number of carbonyl (C=O) groups excluding carboxylic acids is 1.